The van der Waals surface area contributed by atoms with Crippen molar-refractivity contribution in [2.24, 2.45) is 7.05 Å². The van der Waals surface area contributed by atoms with Crippen LogP contribution in [0.5, 0.6) is 0 Å². The van der Waals surface area contributed by atoms with Crippen molar-refractivity contribution in [3.05, 3.63) is 52.1 Å². The first-order chi connectivity index (χ1) is 8.58. The summed E-state index contributed by atoms with van der Waals surface area (Å²) < 4.78 is 14.6. The largest absolute Gasteiger partial charge is 0.374 e. The van der Waals surface area contributed by atoms with Crippen LogP contribution in [0.3, 0.4) is 0 Å². The van der Waals surface area contributed by atoms with E-state index in [1.54, 1.807) is 24.0 Å². The predicted molar refractivity (Wildman–Crippen MR) is 63.6 cm³/mol. The summed E-state index contributed by atoms with van der Waals surface area (Å²) in [7, 11) is 1.77. The summed E-state index contributed by atoms with van der Waals surface area (Å²) >= 11 is 0. The average Bonchev–Trinajstić information content (AvgIpc) is 2.73. The summed E-state index contributed by atoms with van der Waals surface area (Å²) in [5, 5.41) is 17.7. The SMILES string of the molecule is Cn1nccc1CNc1ccc(F)cc1[N+](=O)[O-]. The van der Waals surface area contributed by atoms with E-state index in [1.807, 2.05) is 0 Å². The summed E-state index contributed by atoms with van der Waals surface area (Å²) in [6.07, 6.45) is 1.64. The second-order valence-electron chi connectivity index (χ2n) is 3.72. The van der Waals surface area contributed by atoms with Crippen molar-refractivity contribution in [2.45, 2.75) is 6.54 Å². The number of halogens is 1. The minimum Gasteiger partial charge on any atom is -0.374 e. The smallest absolute Gasteiger partial charge is 0.295 e. The standard InChI is InChI=1S/C11H11FN4O2/c1-15-9(4-5-14-15)7-13-10-3-2-8(12)6-11(10)16(17)18/h2-6,13H,7H2,1H3. The molecule has 0 radical (unpaired) electrons. The van der Waals surface area contributed by atoms with Gasteiger partial charge in [-0.25, -0.2) is 4.39 Å². The first kappa shape index (κ1) is 12.0. The lowest BCUT2D eigenvalue weighted by molar-refractivity contribution is -0.384. The third-order valence-corrected chi connectivity index (χ3v) is 2.54. The van der Waals surface area contributed by atoms with Gasteiger partial charge in [-0.3, -0.25) is 14.8 Å². The zero-order chi connectivity index (χ0) is 13.1. The predicted octanol–water partition coefficient (Wildman–Crippen LogP) is 2.08. The third-order valence-electron chi connectivity index (χ3n) is 2.54. The normalized spacial score (nSPS) is 10.3. The second-order valence-corrected chi connectivity index (χ2v) is 3.72. The molecule has 1 aromatic carbocycles. The molecule has 0 bridgehead atoms. The van der Waals surface area contributed by atoms with Gasteiger partial charge >= 0.3 is 0 Å². The van der Waals surface area contributed by atoms with Crippen LogP contribution < -0.4 is 5.32 Å². The quantitative estimate of drug-likeness (QED) is 0.666. The summed E-state index contributed by atoms with van der Waals surface area (Å²) in [5.74, 6) is -0.632. The molecule has 0 unspecified atom stereocenters. The van der Waals surface area contributed by atoms with E-state index in [0.717, 1.165) is 11.8 Å². The molecular formula is C11H11FN4O2. The number of aromatic nitrogens is 2. The Kier molecular flexibility index (Phi) is 3.22. The number of rotatable bonds is 4. The molecule has 0 aliphatic rings. The minimum atomic E-state index is -0.632. The van der Waals surface area contributed by atoms with E-state index in [0.29, 0.717) is 6.54 Å². The van der Waals surface area contributed by atoms with Gasteiger partial charge in [0.15, 0.2) is 0 Å². The van der Waals surface area contributed by atoms with Gasteiger partial charge in [-0.15, -0.1) is 0 Å². The number of nitro groups is 1. The van der Waals surface area contributed by atoms with Gasteiger partial charge in [0.25, 0.3) is 5.69 Å². The molecule has 0 saturated heterocycles. The van der Waals surface area contributed by atoms with Gasteiger partial charge in [0.2, 0.25) is 0 Å². The van der Waals surface area contributed by atoms with E-state index < -0.39 is 10.7 Å². The third kappa shape index (κ3) is 2.45. The maximum Gasteiger partial charge on any atom is 0.295 e. The fourth-order valence-corrected chi connectivity index (χ4v) is 1.57. The van der Waals surface area contributed by atoms with E-state index >= 15 is 0 Å². The fourth-order valence-electron chi connectivity index (χ4n) is 1.57. The molecule has 2 aromatic rings. The number of hydrogen-bond donors (Lipinski definition) is 1. The van der Waals surface area contributed by atoms with Crippen molar-refractivity contribution in [1.29, 1.82) is 0 Å². The second kappa shape index (κ2) is 4.82. The van der Waals surface area contributed by atoms with Gasteiger partial charge in [0, 0.05) is 13.2 Å². The van der Waals surface area contributed by atoms with Crippen molar-refractivity contribution in [3.63, 3.8) is 0 Å². The Balaban J connectivity index is 2.19. The van der Waals surface area contributed by atoms with Crippen molar-refractivity contribution >= 4 is 11.4 Å². The van der Waals surface area contributed by atoms with Crippen LogP contribution in [0, 0.1) is 15.9 Å². The molecule has 1 aromatic heterocycles. The molecule has 0 aliphatic carbocycles. The van der Waals surface area contributed by atoms with E-state index in [-0.39, 0.29) is 11.4 Å². The van der Waals surface area contributed by atoms with E-state index in [4.69, 9.17) is 0 Å². The van der Waals surface area contributed by atoms with Gasteiger partial charge in [-0.2, -0.15) is 5.10 Å². The highest BCUT2D eigenvalue weighted by Gasteiger charge is 2.14. The van der Waals surface area contributed by atoms with Gasteiger partial charge in [-0.05, 0) is 18.2 Å². The van der Waals surface area contributed by atoms with Crippen LogP contribution in [-0.4, -0.2) is 14.7 Å². The van der Waals surface area contributed by atoms with Crippen LogP contribution in [0.25, 0.3) is 0 Å². The summed E-state index contributed by atoms with van der Waals surface area (Å²) in [6, 6.07) is 5.22. The monoisotopic (exact) mass is 250 g/mol. The highest BCUT2D eigenvalue weighted by atomic mass is 19.1. The van der Waals surface area contributed by atoms with Gasteiger partial charge < -0.3 is 5.32 Å². The number of nitro benzene ring substituents is 1. The molecule has 0 saturated carbocycles. The maximum atomic E-state index is 12.9. The lowest BCUT2D eigenvalue weighted by Crippen LogP contribution is -2.07. The van der Waals surface area contributed by atoms with Crippen LogP contribution in [0.1, 0.15) is 5.69 Å². The van der Waals surface area contributed by atoms with E-state index in [1.165, 1.54) is 12.1 Å². The molecule has 0 atom stereocenters. The summed E-state index contributed by atoms with van der Waals surface area (Å²) in [6.45, 7) is 0.378. The number of nitrogens with zero attached hydrogens (tertiary/aromatic N) is 3. The Bertz CT molecular complexity index is 582. The fraction of sp³-hybridized carbons (Fsp3) is 0.182. The number of benzene rings is 1. The number of anilines is 1. The van der Waals surface area contributed by atoms with Crippen LogP contribution in [0.2, 0.25) is 0 Å². The molecule has 0 amide bonds. The van der Waals surface area contributed by atoms with Crippen molar-refractivity contribution < 1.29 is 9.31 Å². The lowest BCUT2D eigenvalue weighted by Gasteiger charge is -2.07. The van der Waals surface area contributed by atoms with Crippen LogP contribution in [0.4, 0.5) is 15.8 Å². The zero-order valence-corrected chi connectivity index (χ0v) is 9.63. The zero-order valence-electron chi connectivity index (χ0n) is 9.63. The highest BCUT2D eigenvalue weighted by molar-refractivity contribution is 5.61. The molecule has 0 spiro atoms. The van der Waals surface area contributed by atoms with Crippen molar-refractivity contribution in [2.75, 3.05) is 5.32 Å². The Morgan fingerprint density at radius 1 is 1.50 bits per heavy atom. The van der Waals surface area contributed by atoms with Crippen LogP contribution in [0.15, 0.2) is 30.5 Å². The van der Waals surface area contributed by atoms with Crippen LogP contribution in [-0.2, 0) is 13.6 Å². The number of hydrogen-bond acceptors (Lipinski definition) is 4. The topological polar surface area (TPSA) is 73.0 Å². The number of nitrogens with one attached hydrogen (secondary N) is 1. The lowest BCUT2D eigenvalue weighted by atomic mass is 10.2. The molecule has 1 heterocycles. The van der Waals surface area contributed by atoms with Crippen molar-refractivity contribution in [3.8, 4) is 0 Å². The Morgan fingerprint density at radius 2 is 2.28 bits per heavy atom. The average molecular weight is 250 g/mol. The molecule has 7 heteroatoms. The molecule has 0 fully saturated rings. The Labute approximate surface area is 102 Å². The Morgan fingerprint density at radius 3 is 2.89 bits per heavy atom. The molecule has 6 nitrogen and oxygen atoms in total. The van der Waals surface area contributed by atoms with Crippen molar-refractivity contribution in [1.82, 2.24) is 9.78 Å². The summed E-state index contributed by atoms with van der Waals surface area (Å²) in [4.78, 5) is 10.2. The van der Waals surface area contributed by atoms with E-state index in [2.05, 4.69) is 10.4 Å². The van der Waals surface area contributed by atoms with E-state index in [9.17, 15) is 14.5 Å². The first-order valence-electron chi connectivity index (χ1n) is 5.22. The minimum absolute atomic E-state index is 0.280. The maximum absolute atomic E-state index is 12.9. The Hall–Kier alpha value is -2.44. The molecule has 1 N–H and O–H groups in total. The first-order valence-corrected chi connectivity index (χ1v) is 5.22. The molecular weight excluding hydrogens is 239 g/mol. The summed E-state index contributed by atoms with van der Waals surface area (Å²) in [5.41, 5.74) is 0.869. The van der Waals surface area contributed by atoms with Crippen LogP contribution >= 0.6 is 0 Å². The highest BCUT2D eigenvalue weighted by Crippen LogP contribution is 2.25. The number of aryl methyl sites for hydroxylation is 1. The molecule has 18 heavy (non-hydrogen) atoms. The van der Waals surface area contributed by atoms with Gasteiger partial charge in [0.1, 0.15) is 11.5 Å². The van der Waals surface area contributed by atoms with Gasteiger partial charge in [-0.1, -0.05) is 0 Å². The van der Waals surface area contributed by atoms with Gasteiger partial charge in [0.05, 0.1) is 23.2 Å². The molecule has 94 valence electrons. The molecule has 2 rings (SSSR count). The molecule has 0 aliphatic heterocycles.